The van der Waals surface area contributed by atoms with E-state index in [0.29, 0.717) is 6.61 Å². The lowest BCUT2D eigenvalue weighted by atomic mass is 9.90. The van der Waals surface area contributed by atoms with Gasteiger partial charge in [-0.15, -0.1) is 0 Å². The van der Waals surface area contributed by atoms with Gasteiger partial charge in [-0.2, -0.15) is 0 Å². The summed E-state index contributed by atoms with van der Waals surface area (Å²) in [6.07, 6.45) is 0.943. The minimum atomic E-state index is -1.53. The average molecular weight is 259 g/mol. The molecule has 2 heterocycles. The van der Waals surface area contributed by atoms with Crippen molar-refractivity contribution in [3.05, 3.63) is 0 Å². The highest BCUT2D eigenvalue weighted by Crippen LogP contribution is 2.39. The van der Waals surface area contributed by atoms with Gasteiger partial charge < -0.3 is 25.4 Å². The van der Waals surface area contributed by atoms with E-state index in [4.69, 9.17) is 20.3 Å². The Hall–Kier alpha value is -1.18. The number of aliphatic carboxylic acids is 2. The highest BCUT2D eigenvalue weighted by molar-refractivity contribution is 5.80. The summed E-state index contributed by atoms with van der Waals surface area (Å²) in [6.45, 7) is 0.589. The summed E-state index contributed by atoms with van der Waals surface area (Å²) in [4.78, 5) is 22.2. The van der Waals surface area contributed by atoms with Crippen molar-refractivity contribution >= 4 is 11.9 Å². The molecular weight excluding hydrogens is 242 g/mol. The zero-order valence-electron chi connectivity index (χ0n) is 9.87. The van der Waals surface area contributed by atoms with Crippen molar-refractivity contribution in [2.24, 2.45) is 5.73 Å². The van der Waals surface area contributed by atoms with Crippen molar-refractivity contribution in [1.29, 1.82) is 0 Å². The van der Waals surface area contributed by atoms with E-state index in [2.05, 4.69) is 0 Å². The SMILES string of the molecule is N[C@@H](C[C@]1(C(=O)O)C[C@H]2OCCC[C@H]2O1)C(=O)O. The van der Waals surface area contributed by atoms with Gasteiger partial charge >= 0.3 is 11.9 Å². The molecule has 0 spiro atoms. The third-order valence-electron chi connectivity index (χ3n) is 3.54. The van der Waals surface area contributed by atoms with Crippen LogP contribution in [0.1, 0.15) is 25.7 Å². The van der Waals surface area contributed by atoms with Gasteiger partial charge in [0.25, 0.3) is 0 Å². The predicted molar refractivity (Wildman–Crippen MR) is 59.1 cm³/mol. The van der Waals surface area contributed by atoms with Crippen LogP contribution in [-0.4, -0.2) is 52.6 Å². The Bertz CT molecular complexity index is 343. The van der Waals surface area contributed by atoms with Gasteiger partial charge in [-0.1, -0.05) is 0 Å². The van der Waals surface area contributed by atoms with Gasteiger partial charge in [0.1, 0.15) is 6.04 Å². The summed E-state index contributed by atoms with van der Waals surface area (Å²) < 4.78 is 11.0. The molecule has 102 valence electrons. The average Bonchev–Trinajstić information content (AvgIpc) is 2.68. The monoisotopic (exact) mass is 259 g/mol. The summed E-state index contributed by atoms with van der Waals surface area (Å²) in [5.74, 6) is -2.40. The quantitative estimate of drug-likeness (QED) is 0.627. The lowest BCUT2D eigenvalue weighted by molar-refractivity contribution is -0.168. The van der Waals surface area contributed by atoms with Crippen LogP contribution >= 0.6 is 0 Å². The number of ether oxygens (including phenoxy) is 2. The second-order valence-electron chi connectivity index (χ2n) is 4.86. The molecule has 0 unspecified atom stereocenters. The molecule has 7 heteroatoms. The third-order valence-corrected chi connectivity index (χ3v) is 3.54. The minimum absolute atomic E-state index is 0.161. The Morgan fingerprint density at radius 2 is 2.11 bits per heavy atom. The molecule has 0 saturated carbocycles. The lowest BCUT2D eigenvalue weighted by Gasteiger charge is -2.26. The molecule has 0 aromatic heterocycles. The van der Waals surface area contributed by atoms with E-state index in [1.807, 2.05) is 0 Å². The first-order valence-electron chi connectivity index (χ1n) is 5.96. The summed E-state index contributed by atoms with van der Waals surface area (Å²) in [6, 6.07) is -1.25. The topological polar surface area (TPSA) is 119 Å². The fourth-order valence-corrected chi connectivity index (χ4v) is 2.60. The van der Waals surface area contributed by atoms with E-state index in [-0.39, 0.29) is 25.0 Å². The maximum atomic E-state index is 11.4. The number of fused-ring (bicyclic) bond motifs is 1. The Balaban J connectivity index is 2.13. The van der Waals surface area contributed by atoms with Crippen LogP contribution in [0.5, 0.6) is 0 Å². The molecule has 4 N–H and O–H groups in total. The molecule has 0 amide bonds. The van der Waals surface area contributed by atoms with Crippen molar-refractivity contribution in [2.75, 3.05) is 6.61 Å². The Morgan fingerprint density at radius 1 is 1.39 bits per heavy atom. The summed E-state index contributed by atoms with van der Waals surface area (Å²) >= 11 is 0. The first kappa shape index (κ1) is 13.3. The first-order valence-corrected chi connectivity index (χ1v) is 5.96. The highest BCUT2D eigenvalue weighted by Gasteiger charge is 2.54. The Labute approximate surface area is 104 Å². The number of carboxylic acid groups (broad SMARTS) is 2. The highest BCUT2D eigenvalue weighted by atomic mass is 16.6. The molecular formula is C11H17NO6. The molecule has 2 saturated heterocycles. The van der Waals surface area contributed by atoms with Gasteiger partial charge in [-0.25, -0.2) is 4.79 Å². The maximum Gasteiger partial charge on any atom is 0.336 e. The van der Waals surface area contributed by atoms with Crippen LogP contribution in [0, 0.1) is 0 Å². The number of rotatable bonds is 4. The van der Waals surface area contributed by atoms with Gasteiger partial charge in [0.2, 0.25) is 0 Å². The second-order valence-corrected chi connectivity index (χ2v) is 4.86. The van der Waals surface area contributed by atoms with Gasteiger partial charge in [-0.05, 0) is 12.8 Å². The third kappa shape index (κ3) is 2.33. The van der Waals surface area contributed by atoms with Crippen molar-refractivity contribution in [2.45, 2.75) is 49.5 Å². The molecule has 2 fully saturated rings. The van der Waals surface area contributed by atoms with Gasteiger partial charge in [0.15, 0.2) is 5.60 Å². The van der Waals surface area contributed by atoms with E-state index in [9.17, 15) is 14.7 Å². The van der Waals surface area contributed by atoms with Gasteiger partial charge in [0, 0.05) is 19.4 Å². The molecule has 0 aliphatic carbocycles. The molecule has 7 nitrogen and oxygen atoms in total. The van der Waals surface area contributed by atoms with E-state index < -0.39 is 23.6 Å². The molecule has 2 aliphatic heterocycles. The molecule has 0 aromatic rings. The molecule has 0 aromatic carbocycles. The standard InChI is InChI=1S/C11H17NO6/c12-6(9(13)14)4-11(10(15)16)5-8-7(18-11)2-1-3-17-8/h6-8H,1-5,12H2,(H,13,14)(H,15,16)/t6-,7+,8+,11+/m0/s1. The van der Waals surface area contributed by atoms with Crippen LogP contribution in [0.15, 0.2) is 0 Å². The zero-order valence-corrected chi connectivity index (χ0v) is 9.87. The maximum absolute atomic E-state index is 11.4. The van der Waals surface area contributed by atoms with Crippen LogP contribution in [0.4, 0.5) is 0 Å². The zero-order chi connectivity index (χ0) is 13.3. The van der Waals surface area contributed by atoms with E-state index >= 15 is 0 Å². The normalized spacial score (nSPS) is 36.9. The van der Waals surface area contributed by atoms with Crippen LogP contribution in [0.25, 0.3) is 0 Å². The van der Waals surface area contributed by atoms with E-state index in [1.165, 1.54) is 0 Å². The largest absolute Gasteiger partial charge is 0.480 e. The molecule has 18 heavy (non-hydrogen) atoms. The Kier molecular flexibility index (Phi) is 3.56. The van der Waals surface area contributed by atoms with Crippen LogP contribution in [0.3, 0.4) is 0 Å². The van der Waals surface area contributed by atoms with Crippen molar-refractivity contribution < 1.29 is 29.3 Å². The number of hydrogen-bond donors (Lipinski definition) is 3. The number of hydrogen-bond acceptors (Lipinski definition) is 5. The number of carboxylic acids is 2. The van der Waals surface area contributed by atoms with Crippen molar-refractivity contribution in [3.8, 4) is 0 Å². The predicted octanol–water partition coefficient (Wildman–Crippen LogP) is -0.420. The van der Waals surface area contributed by atoms with E-state index in [0.717, 1.165) is 12.8 Å². The van der Waals surface area contributed by atoms with Gasteiger partial charge in [0.05, 0.1) is 12.2 Å². The number of carbonyl (C=O) groups is 2. The smallest absolute Gasteiger partial charge is 0.336 e. The van der Waals surface area contributed by atoms with Crippen LogP contribution < -0.4 is 5.73 Å². The second kappa shape index (κ2) is 4.83. The summed E-state index contributed by atoms with van der Waals surface area (Å²) in [5, 5.41) is 18.1. The van der Waals surface area contributed by atoms with Crippen LogP contribution in [-0.2, 0) is 19.1 Å². The van der Waals surface area contributed by atoms with Gasteiger partial charge in [-0.3, -0.25) is 4.79 Å². The lowest BCUT2D eigenvalue weighted by Crippen LogP contribution is -2.46. The summed E-state index contributed by atoms with van der Waals surface area (Å²) in [7, 11) is 0. The molecule has 0 bridgehead atoms. The fourth-order valence-electron chi connectivity index (χ4n) is 2.60. The summed E-state index contributed by atoms with van der Waals surface area (Å²) in [5.41, 5.74) is 3.89. The van der Waals surface area contributed by atoms with Crippen molar-refractivity contribution in [1.82, 2.24) is 0 Å². The molecule has 2 aliphatic rings. The Morgan fingerprint density at radius 3 is 2.67 bits per heavy atom. The first-order chi connectivity index (χ1) is 8.44. The molecule has 2 rings (SSSR count). The molecule has 0 radical (unpaired) electrons. The van der Waals surface area contributed by atoms with E-state index in [1.54, 1.807) is 0 Å². The molecule has 4 atom stereocenters. The fraction of sp³-hybridized carbons (Fsp3) is 0.818. The minimum Gasteiger partial charge on any atom is -0.480 e. The van der Waals surface area contributed by atoms with Crippen molar-refractivity contribution in [3.63, 3.8) is 0 Å². The number of nitrogens with two attached hydrogens (primary N) is 1. The van der Waals surface area contributed by atoms with Crippen LogP contribution in [0.2, 0.25) is 0 Å².